The zero-order valence-electron chi connectivity index (χ0n) is 12.1. The predicted molar refractivity (Wildman–Crippen MR) is 76.7 cm³/mol. The molecule has 3 heteroatoms. The summed E-state index contributed by atoms with van der Waals surface area (Å²) in [5.41, 5.74) is 0.375. The summed E-state index contributed by atoms with van der Waals surface area (Å²) in [6.07, 6.45) is 7.53. The summed E-state index contributed by atoms with van der Waals surface area (Å²) in [5.74, 6) is 2.87. The summed E-state index contributed by atoms with van der Waals surface area (Å²) in [6, 6.07) is 0. The SMILES string of the molecule is C=C(C)C(=O)OC1(CC)C2CC3CC(C2)CC1C3.[Pb]. The van der Waals surface area contributed by atoms with Crippen LogP contribution in [-0.2, 0) is 9.53 Å². The molecule has 0 amide bonds. The van der Waals surface area contributed by atoms with E-state index in [-0.39, 0.29) is 38.9 Å². The molecule has 0 heterocycles. The summed E-state index contributed by atoms with van der Waals surface area (Å²) in [6.45, 7) is 7.67. The minimum Gasteiger partial charge on any atom is -0.455 e. The first-order chi connectivity index (χ1) is 8.55. The van der Waals surface area contributed by atoms with Crippen molar-refractivity contribution in [3.8, 4) is 0 Å². The molecule has 4 saturated carbocycles. The van der Waals surface area contributed by atoms with Gasteiger partial charge in [-0.25, -0.2) is 4.79 Å². The second-order valence-electron chi connectivity index (χ2n) is 6.78. The molecular formula is C16H24O2Pb. The fourth-order valence-electron chi connectivity index (χ4n) is 5.06. The predicted octanol–water partition coefficient (Wildman–Crippen LogP) is 3.33. The molecule has 4 fully saturated rings. The minimum atomic E-state index is -0.177. The first-order valence-corrected chi connectivity index (χ1v) is 7.44. The molecule has 4 aliphatic rings. The van der Waals surface area contributed by atoms with Gasteiger partial charge in [-0.1, -0.05) is 13.5 Å². The third-order valence-electron chi connectivity index (χ3n) is 5.70. The summed E-state index contributed by atoms with van der Waals surface area (Å²) in [5, 5.41) is 0. The van der Waals surface area contributed by atoms with E-state index in [9.17, 15) is 4.79 Å². The quantitative estimate of drug-likeness (QED) is 0.371. The molecule has 4 aliphatic carbocycles. The van der Waals surface area contributed by atoms with E-state index in [0.29, 0.717) is 17.4 Å². The fraction of sp³-hybridized carbons (Fsp3) is 0.812. The maximum absolute atomic E-state index is 12.0. The number of carbonyl (C=O) groups excluding carboxylic acids is 1. The monoisotopic (exact) mass is 456 g/mol. The van der Waals surface area contributed by atoms with Gasteiger partial charge in [-0.3, -0.25) is 0 Å². The van der Waals surface area contributed by atoms with Gasteiger partial charge in [-0.2, -0.15) is 0 Å². The maximum atomic E-state index is 12.0. The van der Waals surface area contributed by atoms with Gasteiger partial charge in [-0.05, 0) is 69.1 Å². The van der Waals surface area contributed by atoms with Crippen molar-refractivity contribution >= 4 is 33.3 Å². The van der Waals surface area contributed by atoms with E-state index < -0.39 is 0 Å². The molecule has 0 aromatic rings. The van der Waals surface area contributed by atoms with Crippen molar-refractivity contribution in [2.45, 2.75) is 58.0 Å². The number of ether oxygens (including phenoxy) is 1. The van der Waals surface area contributed by atoms with Crippen LogP contribution in [0, 0.1) is 23.7 Å². The summed E-state index contributed by atoms with van der Waals surface area (Å²) >= 11 is 0. The first kappa shape index (κ1) is 15.5. The first-order valence-electron chi connectivity index (χ1n) is 7.44. The Kier molecular flexibility index (Phi) is 4.49. The molecule has 19 heavy (non-hydrogen) atoms. The molecule has 0 atom stereocenters. The van der Waals surface area contributed by atoms with Gasteiger partial charge in [-0.15, -0.1) is 0 Å². The molecule has 0 spiro atoms. The Bertz CT molecular complexity index is 360. The second-order valence-corrected chi connectivity index (χ2v) is 6.78. The number of esters is 1. The largest absolute Gasteiger partial charge is 0.455 e. The van der Waals surface area contributed by atoms with Crippen molar-refractivity contribution in [3.05, 3.63) is 12.2 Å². The van der Waals surface area contributed by atoms with Crippen LogP contribution in [0.4, 0.5) is 0 Å². The average molecular weight is 456 g/mol. The molecule has 0 unspecified atom stereocenters. The number of carbonyl (C=O) groups is 1. The number of hydrogen-bond acceptors (Lipinski definition) is 2. The number of rotatable bonds is 3. The van der Waals surface area contributed by atoms with Crippen LogP contribution in [0.1, 0.15) is 52.4 Å². The molecule has 4 radical (unpaired) electrons. The molecule has 0 aromatic carbocycles. The minimum absolute atomic E-state index is 0. The smallest absolute Gasteiger partial charge is 0.333 e. The van der Waals surface area contributed by atoms with Crippen LogP contribution in [0.3, 0.4) is 0 Å². The topological polar surface area (TPSA) is 26.3 Å². The molecule has 0 aliphatic heterocycles. The van der Waals surface area contributed by atoms with Gasteiger partial charge in [0.25, 0.3) is 0 Å². The Labute approximate surface area is 136 Å². The van der Waals surface area contributed by atoms with Gasteiger partial charge in [0.15, 0.2) is 0 Å². The van der Waals surface area contributed by atoms with Crippen LogP contribution >= 0.6 is 0 Å². The molecule has 4 bridgehead atoms. The van der Waals surface area contributed by atoms with E-state index in [2.05, 4.69) is 13.5 Å². The van der Waals surface area contributed by atoms with Gasteiger partial charge in [0, 0.05) is 32.9 Å². The average Bonchev–Trinajstić information content (AvgIpc) is 2.32. The van der Waals surface area contributed by atoms with E-state index >= 15 is 0 Å². The van der Waals surface area contributed by atoms with Crippen LogP contribution in [0.2, 0.25) is 0 Å². The van der Waals surface area contributed by atoms with Crippen LogP contribution < -0.4 is 0 Å². The summed E-state index contributed by atoms with van der Waals surface area (Å²) < 4.78 is 5.99. The Morgan fingerprint density at radius 3 is 2.00 bits per heavy atom. The Balaban J connectivity index is 0.00000133. The van der Waals surface area contributed by atoms with E-state index in [1.165, 1.54) is 32.1 Å². The third kappa shape index (κ3) is 2.42. The van der Waals surface area contributed by atoms with Crippen molar-refractivity contribution in [1.29, 1.82) is 0 Å². The molecule has 0 aromatic heterocycles. The molecule has 4 rings (SSSR count). The third-order valence-corrected chi connectivity index (χ3v) is 5.70. The van der Waals surface area contributed by atoms with Crippen LogP contribution in [-0.4, -0.2) is 38.9 Å². The molecule has 0 N–H and O–H groups in total. The Morgan fingerprint density at radius 2 is 1.63 bits per heavy atom. The van der Waals surface area contributed by atoms with Gasteiger partial charge >= 0.3 is 5.97 Å². The molecule has 2 nitrogen and oxygen atoms in total. The second kappa shape index (κ2) is 5.49. The summed E-state index contributed by atoms with van der Waals surface area (Å²) in [4.78, 5) is 12.0. The van der Waals surface area contributed by atoms with Crippen LogP contribution in [0.25, 0.3) is 0 Å². The van der Waals surface area contributed by atoms with Crippen LogP contribution in [0.5, 0.6) is 0 Å². The fourth-order valence-corrected chi connectivity index (χ4v) is 5.06. The zero-order valence-corrected chi connectivity index (χ0v) is 16.0. The van der Waals surface area contributed by atoms with E-state index in [0.717, 1.165) is 18.3 Å². The standard InChI is InChI=1S/C16H24O2.Pb/c1-4-16(18-15(17)10(2)3)13-6-11-5-12(8-13)9-14(16)7-11;/h11-14H,2,4-9H2,1,3H3;. The van der Waals surface area contributed by atoms with Crippen molar-refractivity contribution in [2.75, 3.05) is 0 Å². The van der Waals surface area contributed by atoms with E-state index in [1.807, 2.05) is 0 Å². The normalized spacial score (nSPS) is 42.6. The van der Waals surface area contributed by atoms with Gasteiger partial charge in [0.1, 0.15) is 5.60 Å². The van der Waals surface area contributed by atoms with Crippen molar-refractivity contribution in [1.82, 2.24) is 0 Å². The Morgan fingerprint density at radius 1 is 1.16 bits per heavy atom. The summed E-state index contributed by atoms with van der Waals surface area (Å²) in [7, 11) is 0. The molecule has 0 saturated heterocycles. The molecule has 104 valence electrons. The van der Waals surface area contributed by atoms with Crippen molar-refractivity contribution < 1.29 is 9.53 Å². The van der Waals surface area contributed by atoms with Crippen LogP contribution in [0.15, 0.2) is 12.2 Å². The van der Waals surface area contributed by atoms with Crippen molar-refractivity contribution in [3.63, 3.8) is 0 Å². The van der Waals surface area contributed by atoms with E-state index in [4.69, 9.17) is 4.74 Å². The van der Waals surface area contributed by atoms with Gasteiger partial charge in [0.2, 0.25) is 0 Å². The number of hydrogen-bond donors (Lipinski definition) is 0. The Hall–Kier alpha value is 0.132. The maximum Gasteiger partial charge on any atom is 0.333 e. The van der Waals surface area contributed by atoms with E-state index in [1.54, 1.807) is 6.92 Å². The van der Waals surface area contributed by atoms with Gasteiger partial charge in [0.05, 0.1) is 0 Å². The van der Waals surface area contributed by atoms with Crippen molar-refractivity contribution in [2.24, 2.45) is 23.7 Å². The molecular weight excluding hydrogens is 431 g/mol. The van der Waals surface area contributed by atoms with Gasteiger partial charge < -0.3 is 4.74 Å². The zero-order chi connectivity index (χ0) is 12.9.